The summed E-state index contributed by atoms with van der Waals surface area (Å²) in [7, 11) is 1.87. The summed E-state index contributed by atoms with van der Waals surface area (Å²) in [6.07, 6.45) is 0. The van der Waals surface area contributed by atoms with Crippen LogP contribution in [-0.4, -0.2) is 21.6 Å². The van der Waals surface area contributed by atoms with E-state index in [2.05, 4.69) is 15.7 Å². The molecule has 0 spiro atoms. The Labute approximate surface area is 137 Å². The number of anilines is 2. The topological polar surface area (TPSA) is 76.0 Å². The first kappa shape index (κ1) is 15.2. The van der Waals surface area contributed by atoms with Crippen molar-refractivity contribution in [1.82, 2.24) is 9.78 Å². The number of aromatic nitrogens is 2. The van der Waals surface area contributed by atoms with Gasteiger partial charge in [-0.3, -0.25) is 14.3 Å². The minimum absolute atomic E-state index is 0.152. The van der Waals surface area contributed by atoms with E-state index in [1.165, 1.54) is 18.3 Å². The van der Waals surface area contributed by atoms with Gasteiger partial charge in [0, 0.05) is 30.7 Å². The molecule has 0 saturated heterocycles. The maximum atomic E-state index is 12.4. The number of rotatable bonds is 3. The van der Waals surface area contributed by atoms with Gasteiger partial charge in [-0.2, -0.15) is 5.10 Å². The summed E-state index contributed by atoms with van der Waals surface area (Å²) in [6.45, 7) is 3.37. The lowest BCUT2D eigenvalue weighted by molar-refractivity contribution is -0.114. The first-order chi connectivity index (χ1) is 10.9. The zero-order valence-electron chi connectivity index (χ0n) is 13.0. The Morgan fingerprint density at radius 1 is 1.17 bits per heavy atom. The molecule has 0 saturated carbocycles. The second-order valence-corrected chi connectivity index (χ2v) is 6.29. The van der Waals surface area contributed by atoms with E-state index in [1.54, 1.807) is 28.9 Å². The van der Waals surface area contributed by atoms with Crippen LogP contribution in [0.15, 0.2) is 30.3 Å². The molecule has 0 unspecified atom stereocenters. The highest BCUT2D eigenvalue weighted by molar-refractivity contribution is 7.20. The summed E-state index contributed by atoms with van der Waals surface area (Å²) in [5, 5.41) is 10.9. The molecule has 3 rings (SSSR count). The van der Waals surface area contributed by atoms with Gasteiger partial charge in [0.05, 0.1) is 10.6 Å². The summed E-state index contributed by atoms with van der Waals surface area (Å²) in [5.41, 5.74) is 2.19. The number of nitrogens with zero attached hydrogens (tertiary/aromatic N) is 2. The molecule has 2 N–H and O–H groups in total. The Morgan fingerprint density at radius 3 is 2.52 bits per heavy atom. The third kappa shape index (κ3) is 3.09. The average Bonchev–Trinajstić information content (AvgIpc) is 3.01. The molecule has 0 aliphatic rings. The van der Waals surface area contributed by atoms with Gasteiger partial charge < -0.3 is 10.6 Å². The van der Waals surface area contributed by atoms with Gasteiger partial charge in [0.25, 0.3) is 5.91 Å². The first-order valence-corrected chi connectivity index (χ1v) is 7.88. The van der Waals surface area contributed by atoms with Crippen molar-refractivity contribution < 1.29 is 9.59 Å². The van der Waals surface area contributed by atoms with Gasteiger partial charge in [0.15, 0.2) is 0 Å². The number of thiophene rings is 1. The largest absolute Gasteiger partial charge is 0.326 e. The van der Waals surface area contributed by atoms with Crippen molar-refractivity contribution in [2.45, 2.75) is 13.8 Å². The molecule has 0 radical (unpaired) electrons. The van der Waals surface area contributed by atoms with Gasteiger partial charge in [0.1, 0.15) is 4.83 Å². The summed E-state index contributed by atoms with van der Waals surface area (Å²) in [6, 6.07) is 8.91. The third-order valence-corrected chi connectivity index (χ3v) is 4.56. The van der Waals surface area contributed by atoms with Crippen LogP contribution in [0.5, 0.6) is 0 Å². The highest BCUT2D eigenvalue weighted by Gasteiger charge is 2.15. The van der Waals surface area contributed by atoms with Crippen molar-refractivity contribution in [3.8, 4) is 0 Å². The lowest BCUT2D eigenvalue weighted by Crippen LogP contribution is -2.11. The maximum absolute atomic E-state index is 12.4. The van der Waals surface area contributed by atoms with E-state index in [4.69, 9.17) is 0 Å². The molecule has 6 nitrogen and oxygen atoms in total. The van der Waals surface area contributed by atoms with E-state index in [-0.39, 0.29) is 11.8 Å². The second kappa shape index (κ2) is 5.85. The Hall–Kier alpha value is -2.67. The minimum atomic E-state index is -0.175. The van der Waals surface area contributed by atoms with E-state index in [9.17, 15) is 9.59 Å². The predicted molar refractivity (Wildman–Crippen MR) is 92.0 cm³/mol. The van der Waals surface area contributed by atoms with Crippen LogP contribution in [-0.2, 0) is 11.8 Å². The molecule has 0 atom stereocenters. The van der Waals surface area contributed by atoms with Gasteiger partial charge in [-0.25, -0.2) is 0 Å². The average molecular weight is 328 g/mol. The Morgan fingerprint density at radius 2 is 1.87 bits per heavy atom. The number of aryl methyl sites for hydroxylation is 2. The lowest BCUT2D eigenvalue weighted by atomic mass is 10.2. The number of nitrogens with one attached hydrogen (secondary N) is 2. The number of hydrogen-bond acceptors (Lipinski definition) is 4. The quantitative estimate of drug-likeness (QED) is 0.775. The Kier molecular flexibility index (Phi) is 3.87. The van der Waals surface area contributed by atoms with Crippen molar-refractivity contribution in [2.24, 2.45) is 7.05 Å². The van der Waals surface area contributed by atoms with Crippen molar-refractivity contribution in [3.05, 3.63) is 40.9 Å². The Bertz CT molecular complexity index is 876. The van der Waals surface area contributed by atoms with E-state index in [1.807, 2.05) is 20.0 Å². The standard InChI is InChI=1S/C16H16N4O2S/c1-9-13-8-14(23-16(13)20(3)19-9)15(22)18-12-6-4-5-11(7-12)17-10(2)21/h4-8H,1-3H3,(H,17,21)(H,18,22). The molecular formula is C16H16N4O2S. The number of amides is 2. The molecule has 2 heterocycles. The number of carbonyl (C=O) groups excluding carboxylic acids is 2. The maximum Gasteiger partial charge on any atom is 0.265 e. The molecule has 2 amide bonds. The number of carbonyl (C=O) groups is 2. The highest BCUT2D eigenvalue weighted by atomic mass is 32.1. The summed E-state index contributed by atoms with van der Waals surface area (Å²) < 4.78 is 1.78. The predicted octanol–water partition coefficient (Wildman–Crippen LogP) is 3.15. The molecule has 23 heavy (non-hydrogen) atoms. The molecule has 3 aromatic rings. The van der Waals surface area contributed by atoms with Crippen molar-refractivity contribution >= 4 is 44.7 Å². The number of hydrogen-bond donors (Lipinski definition) is 2. The zero-order valence-corrected chi connectivity index (χ0v) is 13.8. The molecule has 0 aliphatic carbocycles. The summed E-state index contributed by atoms with van der Waals surface area (Å²) in [4.78, 5) is 25.1. The normalized spacial score (nSPS) is 10.7. The fourth-order valence-corrected chi connectivity index (χ4v) is 3.41. The van der Waals surface area contributed by atoms with Crippen LogP contribution in [0, 0.1) is 6.92 Å². The molecule has 0 bridgehead atoms. The van der Waals surface area contributed by atoms with Gasteiger partial charge in [-0.1, -0.05) is 6.07 Å². The van der Waals surface area contributed by atoms with Crippen LogP contribution in [0.4, 0.5) is 11.4 Å². The molecule has 2 aromatic heterocycles. The highest BCUT2D eigenvalue weighted by Crippen LogP contribution is 2.28. The van der Waals surface area contributed by atoms with Crippen LogP contribution < -0.4 is 10.6 Å². The monoisotopic (exact) mass is 328 g/mol. The van der Waals surface area contributed by atoms with Crippen LogP contribution in [0.25, 0.3) is 10.2 Å². The van der Waals surface area contributed by atoms with Crippen LogP contribution in [0.3, 0.4) is 0 Å². The van der Waals surface area contributed by atoms with Crippen LogP contribution >= 0.6 is 11.3 Å². The van der Waals surface area contributed by atoms with Gasteiger partial charge in [-0.05, 0) is 31.2 Å². The van der Waals surface area contributed by atoms with E-state index >= 15 is 0 Å². The Balaban J connectivity index is 1.83. The van der Waals surface area contributed by atoms with Crippen molar-refractivity contribution in [1.29, 1.82) is 0 Å². The minimum Gasteiger partial charge on any atom is -0.326 e. The number of fused-ring (bicyclic) bond motifs is 1. The van der Waals surface area contributed by atoms with E-state index < -0.39 is 0 Å². The van der Waals surface area contributed by atoms with E-state index in [0.29, 0.717) is 16.3 Å². The lowest BCUT2D eigenvalue weighted by Gasteiger charge is -2.06. The molecule has 0 fully saturated rings. The fourth-order valence-electron chi connectivity index (χ4n) is 2.39. The zero-order chi connectivity index (χ0) is 16.6. The molecular weight excluding hydrogens is 312 g/mol. The fraction of sp³-hybridized carbons (Fsp3) is 0.188. The van der Waals surface area contributed by atoms with Crippen LogP contribution in [0.1, 0.15) is 22.3 Å². The van der Waals surface area contributed by atoms with Gasteiger partial charge in [0.2, 0.25) is 5.91 Å². The second-order valence-electron chi connectivity index (χ2n) is 5.25. The van der Waals surface area contributed by atoms with Crippen LogP contribution in [0.2, 0.25) is 0 Å². The van der Waals surface area contributed by atoms with Crippen molar-refractivity contribution in [2.75, 3.05) is 10.6 Å². The van der Waals surface area contributed by atoms with Crippen molar-refractivity contribution in [3.63, 3.8) is 0 Å². The summed E-state index contributed by atoms with van der Waals surface area (Å²) in [5.74, 6) is -0.327. The molecule has 118 valence electrons. The molecule has 0 aliphatic heterocycles. The smallest absolute Gasteiger partial charge is 0.265 e. The molecule has 7 heteroatoms. The molecule has 1 aromatic carbocycles. The first-order valence-electron chi connectivity index (χ1n) is 7.06. The SMILES string of the molecule is CC(=O)Nc1cccc(NC(=O)c2cc3c(C)nn(C)c3s2)c1. The van der Waals surface area contributed by atoms with Gasteiger partial charge >= 0.3 is 0 Å². The third-order valence-electron chi connectivity index (χ3n) is 3.36. The summed E-state index contributed by atoms with van der Waals surface area (Å²) >= 11 is 1.41. The number of benzene rings is 1. The van der Waals surface area contributed by atoms with E-state index in [0.717, 1.165) is 15.9 Å². The van der Waals surface area contributed by atoms with Gasteiger partial charge in [-0.15, -0.1) is 11.3 Å².